The Morgan fingerprint density at radius 3 is 2.12 bits per heavy atom. The van der Waals surface area contributed by atoms with Crippen LogP contribution in [0.3, 0.4) is 0 Å². The normalized spacial score (nSPS) is 22.9. The Labute approximate surface area is 203 Å². The molecule has 1 aliphatic carbocycles. The van der Waals surface area contributed by atoms with Gasteiger partial charge in [-0.3, -0.25) is 19.2 Å². The number of carbonyl (C=O) groups is 4. The lowest BCUT2D eigenvalue weighted by atomic mass is 9.87. The van der Waals surface area contributed by atoms with Crippen molar-refractivity contribution in [3.8, 4) is 0 Å². The molecule has 0 aromatic heterocycles. The molecule has 34 heavy (non-hydrogen) atoms. The highest BCUT2D eigenvalue weighted by atomic mass is 16.6. The third-order valence-electron chi connectivity index (χ3n) is 6.14. The number of carboxylic acid groups (broad SMARTS) is 1. The summed E-state index contributed by atoms with van der Waals surface area (Å²) in [7, 11) is 0. The predicted molar refractivity (Wildman–Crippen MR) is 127 cm³/mol. The maximum absolute atomic E-state index is 11.8. The SMILES string of the molecule is CCCCCC(C=C[C@H]1C(OC(C)=O)CC(OC(C)=O)[C@@H]1CCCCCCC(=O)O)OC(C)=O. The lowest BCUT2D eigenvalue weighted by molar-refractivity contribution is -0.149. The molecule has 194 valence electrons. The number of hydrogen-bond donors (Lipinski definition) is 1. The van der Waals surface area contributed by atoms with Gasteiger partial charge in [0.05, 0.1) is 0 Å². The second-order valence-electron chi connectivity index (χ2n) is 9.15. The van der Waals surface area contributed by atoms with Crippen LogP contribution in [0.1, 0.15) is 98.3 Å². The summed E-state index contributed by atoms with van der Waals surface area (Å²) in [4.78, 5) is 45.8. The van der Waals surface area contributed by atoms with Crippen LogP contribution in [0.15, 0.2) is 12.2 Å². The van der Waals surface area contributed by atoms with Gasteiger partial charge in [0.15, 0.2) is 0 Å². The van der Waals surface area contributed by atoms with Crippen molar-refractivity contribution in [1.29, 1.82) is 0 Å². The van der Waals surface area contributed by atoms with Crippen LogP contribution in [0.25, 0.3) is 0 Å². The molecule has 1 aliphatic rings. The smallest absolute Gasteiger partial charge is 0.303 e. The average Bonchev–Trinajstić information content (AvgIpc) is 3.02. The lowest BCUT2D eigenvalue weighted by Gasteiger charge is -2.24. The Bertz CT molecular complexity index is 686. The first-order valence-corrected chi connectivity index (χ1v) is 12.6. The van der Waals surface area contributed by atoms with Gasteiger partial charge < -0.3 is 19.3 Å². The van der Waals surface area contributed by atoms with Gasteiger partial charge in [0, 0.05) is 45.4 Å². The second-order valence-corrected chi connectivity index (χ2v) is 9.15. The van der Waals surface area contributed by atoms with E-state index in [2.05, 4.69) is 6.92 Å². The summed E-state index contributed by atoms with van der Waals surface area (Å²) in [5.74, 6) is -2.11. The van der Waals surface area contributed by atoms with Gasteiger partial charge in [-0.1, -0.05) is 45.1 Å². The first-order valence-electron chi connectivity index (χ1n) is 12.6. The summed E-state index contributed by atoms with van der Waals surface area (Å²) >= 11 is 0. The second kappa shape index (κ2) is 16.3. The summed E-state index contributed by atoms with van der Waals surface area (Å²) in [6.45, 7) is 6.24. The van der Waals surface area contributed by atoms with Crippen LogP contribution in [-0.4, -0.2) is 47.3 Å². The van der Waals surface area contributed by atoms with Crippen molar-refractivity contribution in [2.24, 2.45) is 11.8 Å². The number of hydrogen-bond acceptors (Lipinski definition) is 7. The van der Waals surface area contributed by atoms with Crippen LogP contribution >= 0.6 is 0 Å². The van der Waals surface area contributed by atoms with E-state index in [1.54, 1.807) is 0 Å². The fourth-order valence-electron chi connectivity index (χ4n) is 4.68. The van der Waals surface area contributed by atoms with E-state index in [1.165, 1.54) is 20.8 Å². The molecule has 8 nitrogen and oxygen atoms in total. The Balaban J connectivity index is 2.97. The van der Waals surface area contributed by atoms with E-state index in [4.69, 9.17) is 19.3 Å². The van der Waals surface area contributed by atoms with Crippen molar-refractivity contribution in [2.45, 2.75) is 117 Å². The zero-order chi connectivity index (χ0) is 25.5. The third-order valence-corrected chi connectivity index (χ3v) is 6.14. The van der Waals surface area contributed by atoms with Gasteiger partial charge in [0.2, 0.25) is 0 Å². The molecule has 0 aromatic rings. The molecule has 1 fully saturated rings. The van der Waals surface area contributed by atoms with Crippen molar-refractivity contribution in [1.82, 2.24) is 0 Å². The Morgan fingerprint density at radius 1 is 0.882 bits per heavy atom. The van der Waals surface area contributed by atoms with Crippen LogP contribution in [0.2, 0.25) is 0 Å². The molecule has 0 aromatic carbocycles. The predicted octanol–water partition coefficient (Wildman–Crippen LogP) is 4.98. The molecule has 1 rings (SSSR count). The maximum atomic E-state index is 11.8. The standard InChI is InChI=1S/C26H42O8/c1-5-6-9-12-21(32-18(2)27)15-16-23-22(13-10-7-8-11-14-26(30)31)24(33-19(3)28)17-25(23)34-20(4)29/h15-16,21-25H,5-14,17H2,1-4H3,(H,30,31)/t21?,22-,23-,24?,25?/m1/s1. The Morgan fingerprint density at radius 2 is 1.53 bits per heavy atom. The number of carbonyl (C=O) groups excluding carboxylic acids is 3. The number of ether oxygens (including phenoxy) is 3. The Hall–Kier alpha value is -2.38. The highest BCUT2D eigenvalue weighted by molar-refractivity contribution is 5.67. The van der Waals surface area contributed by atoms with E-state index >= 15 is 0 Å². The molecule has 0 aliphatic heterocycles. The molecule has 1 N–H and O–H groups in total. The van der Waals surface area contributed by atoms with Gasteiger partial charge in [0.1, 0.15) is 18.3 Å². The molecule has 3 unspecified atom stereocenters. The number of aliphatic carboxylic acids is 1. The van der Waals surface area contributed by atoms with E-state index in [0.29, 0.717) is 12.8 Å². The van der Waals surface area contributed by atoms with Crippen molar-refractivity contribution in [3.05, 3.63) is 12.2 Å². The van der Waals surface area contributed by atoms with Gasteiger partial charge in [-0.2, -0.15) is 0 Å². The van der Waals surface area contributed by atoms with Crippen LogP contribution in [0.4, 0.5) is 0 Å². The summed E-state index contributed by atoms with van der Waals surface area (Å²) in [6.07, 6.45) is 11.0. The minimum Gasteiger partial charge on any atom is -0.481 e. The fraction of sp³-hybridized carbons (Fsp3) is 0.769. The van der Waals surface area contributed by atoms with Gasteiger partial charge in [0.25, 0.3) is 0 Å². The van der Waals surface area contributed by atoms with Gasteiger partial charge in [-0.25, -0.2) is 0 Å². The van der Waals surface area contributed by atoms with Gasteiger partial charge in [-0.05, 0) is 31.8 Å². The number of rotatable bonds is 16. The first-order chi connectivity index (χ1) is 16.1. The van der Waals surface area contributed by atoms with Crippen molar-refractivity contribution >= 4 is 23.9 Å². The van der Waals surface area contributed by atoms with Crippen molar-refractivity contribution < 1.29 is 38.5 Å². The van der Waals surface area contributed by atoms with Gasteiger partial charge >= 0.3 is 23.9 Å². The van der Waals surface area contributed by atoms with Crippen LogP contribution in [0.5, 0.6) is 0 Å². The first kappa shape index (κ1) is 29.7. The molecule has 1 saturated carbocycles. The van der Waals surface area contributed by atoms with E-state index in [9.17, 15) is 19.2 Å². The molecule has 0 radical (unpaired) electrons. The lowest BCUT2D eigenvalue weighted by Crippen LogP contribution is -2.26. The molecule has 5 atom stereocenters. The van der Waals surface area contributed by atoms with Gasteiger partial charge in [-0.15, -0.1) is 0 Å². The van der Waals surface area contributed by atoms with E-state index in [1.807, 2.05) is 12.2 Å². The van der Waals surface area contributed by atoms with E-state index in [0.717, 1.165) is 51.4 Å². The number of unbranched alkanes of at least 4 members (excludes halogenated alkanes) is 5. The Kier molecular flexibility index (Phi) is 14.2. The van der Waals surface area contributed by atoms with Crippen molar-refractivity contribution in [2.75, 3.05) is 0 Å². The summed E-state index contributed by atoms with van der Waals surface area (Å²) < 4.78 is 16.7. The van der Waals surface area contributed by atoms with E-state index in [-0.39, 0.29) is 42.4 Å². The van der Waals surface area contributed by atoms with Crippen LogP contribution in [0, 0.1) is 11.8 Å². The summed E-state index contributed by atoms with van der Waals surface area (Å²) in [5, 5.41) is 8.79. The minimum atomic E-state index is -0.790. The molecule has 0 saturated heterocycles. The topological polar surface area (TPSA) is 116 Å². The number of carboxylic acids is 1. The average molecular weight is 483 g/mol. The van der Waals surface area contributed by atoms with Crippen LogP contribution in [-0.2, 0) is 33.4 Å². The largest absolute Gasteiger partial charge is 0.481 e. The highest BCUT2D eigenvalue weighted by Gasteiger charge is 2.45. The maximum Gasteiger partial charge on any atom is 0.303 e. The molecule has 0 heterocycles. The highest BCUT2D eigenvalue weighted by Crippen LogP contribution is 2.41. The summed E-state index contributed by atoms with van der Waals surface area (Å²) in [6, 6.07) is 0. The minimum absolute atomic E-state index is 0.0439. The molecule has 0 spiro atoms. The molecule has 8 heteroatoms. The molecule has 0 bridgehead atoms. The summed E-state index contributed by atoms with van der Waals surface area (Å²) in [5.41, 5.74) is 0. The quantitative estimate of drug-likeness (QED) is 0.142. The fourth-order valence-corrected chi connectivity index (χ4v) is 4.68. The monoisotopic (exact) mass is 482 g/mol. The zero-order valence-corrected chi connectivity index (χ0v) is 21.1. The zero-order valence-electron chi connectivity index (χ0n) is 21.1. The molecular formula is C26H42O8. The van der Waals surface area contributed by atoms with E-state index < -0.39 is 18.0 Å². The number of esters is 3. The van der Waals surface area contributed by atoms with Crippen molar-refractivity contribution in [3.63, 3.8) is 0 Å². The third kappa shape index (κ3) is 12.2. The van der Waals surface area contributed by atoms with Crippen LogP contribution < -0.4 is 0 Å². The molecule has 0 amide bonds. The molecular weight excluding hydrogens is 440 g/mol.